The Labute approximate surface area is 127 Å². The van der Waals surface area contributed by atoms with E-state index in [9.17, 15) is 9.59 Å². The molecule has 1 aliphatic rings. The van der Waals surface area contributed by atoms with E-state index in [0.717, 1.165) is 0 Å². The third-order valence-corrected chi connectivity index (χ3v) is 3.43. The summed E-state index contributed by atoms with van der Waals surface area (Å²) >= 11 is 5.79. The molecule has 7 nitrogen and oxygen atoms in total. The number of halogens is 1. The fraction of sp³-hybridized carbons (Fsp3) is 0.462. The molecule has 1 aliphatic heterocycles. The van der Waals surface area contributed by atoms with Gasteiger partial charge in [-0.2, -0.15) is 0 Å². The number of hydrogen-bond donors (Lipinski definition) is 1. The van der Waals surface area contributed by atoms with Crippen molar-refractivity contribution in [2.45, 2.75) is 6.92 Å². The average Bonchev–Trinajstić information content (AvgIpc) is 2.49. The van der Waals surface area contributed by atoms with Crippen LogP contribution in [0.15, 0.2) is 12.3 Å². The third kappa shape index (κ3) is 3.55. The Kier molecular flexibility index (Phi) is 4.85. The quantitative estimate of drug-likeness (QED) is 0.830. The standard InChI is InChI=1S/C13H17ClN4O3/c1-2-21-13(20)18-5-3-17(4-6-18)12(19)9-7-11(14)16-8-10(9)15/h7-8H,2-6,15H2,1H3. The molecule has 2 heterocycles. The molecule has 1 fully saturated rings. The van der Waals surface area contributed by atoms with Gasteiger partial charge >= 0.3 is 6.09 Å². The van der Waals surface area contributed by atoms with Crippen LogP contribution in [-0.4, -0.2) is 59.6 Å². The number of rotatable bonds is 2. The number of anilines is 1. The predicted molar refractivity (Wildman–Crippen MR) is 78.2 cm³/mol. The van der Waals surface area contributed by atoms with E-state index in [1.165, 1.54) is 12.3 Å². The minimum absolute atomic E-state index is 0.208. The van der Waals surface area contributed by atoms with E-state index >= 15 is 0 Å². The van der Waals surface area contributed by atoms with Crippen LogP contribution in [0, 0.1) is 0 Å². The van der Waals surface area contributed by atoms with Gasteiger partial charge in [-0.1, -0.05) is 11.6 Å². The van der Waals surface area contributed by atoms with E-state index in [1.54, 1.807) is 16.7 Å². The van der Waals surface area contributed by atoms with Crippen molar-refractivity contribution in [3.63, 3.8) is 0 Å². The highest BCUT2D eigenvalue weighted by Gasteiger charge is 2.26. The first-order chi connectivity index (χ1) is 10.0. The summed E-state index contributed by atoms with van der Waals surface area (Å²) in [6.07, 6.45) is 1.01. The second-order valence-corrected chi connectivity index (χ2v) is 4.96. The fourth-order valence-corrected chi connectivity index (χ4v) is 2.26. The second kappa shape index (κ2) is 6.62. The van der Waals surface area contributed by atoms with Crippen LogP contribution < -0.4 is 5.73 Å². The van der Waals surface area contributed by atoms with Crippen molar-refractivity contribution in [1.82, 2.24) is 14.8 Å². The minimum Gasteiger partial charge on any atom is -0.450 e. The zero-order valence-electron chi connectivity index (χ0n) is 11.7. The Balaban J connectivity index is 2.00. The van der Waals surface area contributed by atoms with Gasteiger partial charge in [-0.05, 0) is 13.0 Å². The van der Waals surface area contributed by atoms with Crippen molar-refractivity contribution >= 4 is 29.3 Å². The molecule has 2 rings (SSSR count). The smallest absolute Gasteiger partial charge is 0.409 e. The van der Waals surface area contributed by atoms with Gasteiger partial charge in [0.15, 0.2) is 0 Å². The van der Waals surface area contributed by atoms with Crippen LogP contribution in [0.1, 0.15) is 17.3 Å². The first-order valence-corrected chi connectivity index (χ1v) is 7.02. The summed E-state index contributed by atoms with van der Waals surface area (Å²) in [4.78, 5) is 31.0. The molecular weight excluding hydrogens is 296 g/mol. The highest BCUT2D eigenvalue weighted by Crippen LogP contribution is 2.18. The summed E-state index contributed by atoms with van der Waals surface area (Å²) in [5, 5.41) is 0.220. The molecule has 0 aliphatic carbocycles. The van der Waals surface area contributed by atoms with Gasteiger partial charge < -0.3 is 20.3 Å². The van der Waals surface area contributed by atoms with Crippen molar-refractivity contribution in [2.75, 3.05) is 38.5 Å². The Morgan fingerprint density at radius 2 is 1.95 bits per heavy atom. The molecule has 8 heteroatoms. The number of aromatic nitrogens is 1. The van der Waals surface area contributed by atoms with Crippen LogP contribution in [0.4, 0.5) is 10.5 Å². The van der Waals surface area contributed by atoms with E-state index in [2.05, 4.69) is 4.98 Å². The molecule has 0 aromatic carbocycles. The van der Waals surface area contributed by atoms with E-state index in [1.807, 2.05) is 0 Å². The first-order valence-electron chi connectivity index (χ1n) is 6.65. The topological polar surface area (TPSA) is 88.8 Å². The molecule has 0 spiro atoms. The number of nitrogens with zero attached hydrogens (tertiary/aromatic N) is 3. The van der Waals surface area contributed by atoms with Crippen molar-refractivity contribution in [3.8, 4) is 0 Å². The highest BCUT2D eigenvalue weighted by molar-refractivity contribution is 6.29. The lowest BCUT2D eigenvalue weighted by Gasteiger charge is -2.34. The van der Waals surface area contributed by atoms with Gasteiger partial charge in [0.05, 0.1) is 24.1 Å². The Morgan fingerprint density at radius 1 is 1.33 bits per heavy atom. The number of nitrogens with two attached hydrogens (primary N) is 1. The molecule has 1 aromatic heterocycles. The molecular formula is C13H17ClN4O3. The molecule has 2 N–H and O–H groups in total. The van der Waals surface area contributed by atoms with Crippen molar-refractivity contribution in [3.05, 3.63) is 23.0 Å². The second-order valence-electron chi connectivity index (χ2n) is 4.57. The maximum atomic E-state index is 12.4. The van der Waals surface area contributed by atoms with Crippen LogP contribution >= 0.6 is 11.6 Å². The van der Waals surface area contributed by atoms with Gasteiger partial charge in [0, 0.05) is 26.2 Å². The molecule has 2 amide bonds. The van der Waals surface area contributed by atoms with E-state index in [0.29, 0.717) is 38.3 Å². The molecule has 21 heavy (non-hydrogen) atoms. The summed E-state index contributed by atoms with van der Waals surface area (Å²) < 4.78 is 4.93. The van der Waals surface area contributed by atoms with Gasteiger partial charge in [0.25, 0.3) is 5.91 Å². The molecule has 0 saturated carbocycles. The normalized spacial score (nSPS) is 15.0. The minimum atomic E-state index is -0.351. The van der Waals surface area contributed by atoms with Crippen LogP contribution in [0.3, 0.4) is 0 Å². The largest absolute Gasteiger partial charge is 0.450 e. The van der Waals surface area contributed by atoms with Crippen molar-refractivity contribution in [1.29, 1.82) is 0 Å². The van der Waals surface area contributed by atoms with Crippen molar-refractivity contribution < 1.29 is 14.3 Å². The summed E-state index contributed by atoms with van der Waals surface area (Å²) in [5.74, 6) is -0.208. The number of piperazine rings is 1. The van der Waals surface area contributed by atoms with E-state index < -0.39 is 0 Å². The van der Waals surface area contributed by atoms with Crippen LogP contribution in [0.2, 0.25) is 5.15 Å². The van der Waals surface area contributed by atoms with Gasteiger partial charge in [0.1, 0.15) is 5.15 Å². The van der Waals surface area contributed by atoms with Crippen LogP contribution in [0.25, 0.3) is 0 Å². The number of carbonyl (C=O) groups is 2. The lowest BCUT2D eigenvalue weighted by atomic mass is 10.2. The first kappa shape index (κ1) is 15.4. The molecule has 0 radical (unpaired) electrons. The molecule has 0 unspecified atom stereocenters. The summed E-state index contributed by atoms with van der Waals surface area (Å²) in [5.41, 5.74) is 6.38. The van der Waals surface area contributed by atoms with Gasteiger partial charge in [-0.25, -0.2) is 9.78 Å². The number of amides is 2. The van der Waals surface area contributed by atoms with Gasteiger partial charge in [0.2, 0.25) is 0 Å². The lowest BCUT2D eigenvalue weighted by molar-refractivity contribution is 0.0571. The molecule has 0 atom stereocenters. The number of pyridine rings is 1. The zero-order valence-corrected chi connectivity index (χ0v) is 12.5. The number of ether oxygens (including phenoxy) is 1. The Hall–Kier alpha value is -2.02. The SMILES string of the molecule is CCOC(=O)N1CCN(C(=O)c2cc(Cl)ncc2N)CC1. The number of carbonyl (C=O) groups excluding carboxylic acids is 2. The average molecular weight is 313 g/mol. The van der Waals surface area contributed by atoms with Crippen molar-refractivity contribution in [2.24, 2.45) is 0 Å². The molecule has 114 valence electrons. The zero-order chi connectivity index (χ0) is 15.4. The van der Waals surface area contributed by atoms with Crippen LogP contribution in [0.5, 0.6) is 0 Å². The van der Waals surface area contributed by atoms with E-state index in [-0.39, 0.29) is 22.8 Å². The number of hydrogen-bond acceptors (Lipinski definition) is 5. The maximum absolute atomic E-state index is 12.4. The van der Waals surface area contributed by atoms with Gasteiger partial charge in [-0.3, -0.25) is 4.79 Å². The summed E-state index contributed by atoms with van der Waals surface area (Å²) in [7, 11) is 0. The number of nitrogen functional groups attached to an aromatic ring is 1. The highest BCUT2D eigenvalue weighted by atomic mass is 35.5. The van der Waals surface area contributed by atoms with E-state index in [4.69, 9.17) is 22.1 Å². The maximum Gasteiger partial charge on any atom is 0.409 e. The molecule has 1 saturated heterocycles. The predicted octanol–water partition coefficient (Wildman–Crippen LogP) is 1.23. The molecule has 1 aromatic rings. The van der Waals surface area contributed by atoms with Crippen LogP contribution in [-0.2, 0) is 4.74 Å². The summed E-state index contributed by atoms with van der Waals surface area (Å²) in [6.45, 7) is 3.82. The Bertz CT molecular complexity index is 544. The fourth-order valence-electron chi connectivity index (χ4n) is 2.10. The van der Waals surface area contributed by atoms with Gasteiger partial charge in [-0.15, -0.1) is 0 Å². The third-order valence-electron chi connectivity index (χ3n) is 3.22. The molecule has 0 bridgehead atoms. The summed E-state index contributed by atoms with van der Waals surface area (Å²) in [6, 6.07) is 1.46. The monoisotopic (exact) mass is 312 g/mol. The Morgan fingerprint density at radius 3 is 2.57 bits per heavy atom. The lowest BCUT2D eigenvalue weighted by Crippen LogP contribution is -2.50.